The summed E-state index contributed by atoms with van der Waals surface area (Å²) < 4.78 is 0. The van der Waals surface area contributed by atoms with Crippen molar-refractivity contribution in [3.8, 4) is 0 Å². The Morgan fingerprint density at radius 3 is 2.47 bits per heavy atom. The van der Waals surface area contributed by atoms with Crippen LogP contribution < -0.4 is 11.3 Å². The van der Waals surface area contributed by atoms with Crippen LogP contribution in [0.25, 0.3) is 0 Å². The molecule has 1 atom stereocenters. The van der Waals surface area contributed by atoms with Gasteiger partial charge in [-0.25, -0.2) is 0 Å². The Bertz CT molecular complexity index is 281. The van der Waals surface area contributed by atoms with Crippen LogP contribution in [0.15, 0.2) is 24.5 Å². The highest BCUT2D eigenvalue weighted by Crippen LogP contribution is 2.20. The smallest absolute Gasteiger partial charge is 0.0300 e. The molecule has 0 saturated carbocycles. The van der Waals surface area contributed by atoms with Gasteiger partial charge in [-0.15, -0.1) is 0 Å². The number of hydrazine groups is 1. The fourth-order valence-electron chi connectivity index (χ4n) is 2.42. The lowest BCUT2D eigenvalue weighted by Crippen LogP contribution is -2.42. The van der Waals surface area contributed by atoms with Gasteiger partial charge in [-0.1, -0.05) is 32.8 Å². The van der Waals surface area contributed by atoms with Gasteiger partial charge in [0.25, 0.3) is 0 Å². The van der Waals surface area contributed by atoms with E-state index in [1.165, 1.54) is 31.2 Å². The second-order valence-corrected chi connectivity index (χ2v) is 4.68. The number of hydrogen-bond donors (Lipinski definition) is 2. The number of nitrogens with two attached hydrogens (primary N) is 1. The number of pyridine rings is 1. The summed E-state index contributed by atoms with van der Waals surface area (Å²) in [6.45, 7) is 4.47. The molecule has 0 amide bonds. The largest absolute Gasteiger partial charge is 0.271 e. The highest BCUT2D eigenvalue weighted by atomic mass is 15.2. The van der Waals surface area contributed by atoms with Gasteiger partial charge in [0.2, 0.25) is 0 Å². The summed E-state index contributed by atoms with van der Waals surface area (Å²) >= 11 is 0. The van der Waals surface area contributed by atoms with E-state index in [0.717, 1.165) is 6.42 Å². The van der Waals surface area contributed by atoms with Crippen LogP contribution in [0.5, 0.6) is 0 Å². The van der Waals surface area contributed by atoms with Gasteiger partial charge in [0.15, 0.2) is 0 Å². The van der Waals surface area contributed by atoms with Crippen LogP contribution in [0.2, 0.25) is 0 Å². The first-order valence-electron chi connectivity index (χ1n) is 6.66. The van der Waals surface area contributed by atoms with Gasteiger partial charge in [0.05, 0.1) is 0 Å². The quantitative estimate of drug-likeness (QED) is 0.538. The fraction of sp³-hybridized carbons (Fsp3) is 0.643. The van der Waals surface area contributed by atoms with Crippen molar-refractivity contribution in [3.63, 3.8) is 0 Å². The van der Waals surface area contributed by atoms with E-state index in [4.69, 9.17) is 5.84 Å². The van der Waals surface area contributed by atoms with Gasteiger partial charge in [0.1, 0.15) is 0 Å². The molecular weight excluding hydrogens is 210 g/mol. The summed E-state index contributed by atoms with van der Waals surface area (Å²) in [6.07, 6.45) is 9.62. The van der Waals surface area contributed by atoms with Gasteiger partial charge in [0, 0.05) is 18.4 Å². The Hall–Kier alpha value is -0.930. The second-order valence-electron chi connectivity index (χ2n) is 4.68. The minimum Gasteiger partial charge on any atom is -0.271 e. The monoisotopic (exact) mass is 235 g/mol. The number of aromatic nitrogens is 1. The number of nitrogens with zero attached hydrogens (tertiary/aromatic N) is 1. The average Bonchev–Trinajstić information content (AvgIpc) is 2.37. The van der Waals surface area contributed by atoms with Crippen molar-refractivity contribution >= 4 is 0 Å². The lowest BCUT2D eigenvalue weighted by molar-refractivity contribution is 0.311. The summed E-state index contributed by atoms with van der Waals surface area (Å²) in [6, 6.07) is 4.46. The van der Waals surface area contributed by atoms with Gasteiger partial charge < -0.3 is 0 Å². The number of hydrogen-bond acceptors (Lipinski definition) is 3. The summed E-state index contributed by atoms with van der Waals surface area (Å²) in [5.41, 5.74) is 4.25. The standard InChI is InChI=1S/C14H25N3/c1-3-6-13(7-4-2)14(17-15)10-12-8-5-9-16-11-12/h5,8-9,11,13-14,17H,3-4,6-7,10,15H2,1-2H3. The Morgan fingerprint density at radius 2 is 2.00 bits per heavy atom. The maximum atomic E-state index is 5.71. The first-order valence-corrected chi connectivity index (χ1v) is 6.66. The fourth-order valence-corrected chi connectivity index (χ4v) is 2.42. The molecule has 0 saturated heterocycles. The molecule has 1 unspecified atom stereocenters. The molecule has 0 aliphatic carbocycles. The number of nitrogens with one attached hydrogen (secondary N) is 1. The van der Waals surface area contributed by atoms with Crippen LogP contribution in [0, 0.1) is 5.92 Å². The normalized spacial score (nSPS) is 12.9. The van der Waals surface area contributed by atoms with E-state index < -0.39 is 0 Å². The molecule has 0 radical (unpaired) electrons. The molecule has 0 bridgehead atoms. The first-order chi connectivity index (χ1) is 8.31. The zero-order valence-electron chi connectivity index (χ0n) is 11.0. The molecule has 96 valence electrons. The van der Waals surface area contributed by atoms with E-state index in [9.17, 15) is 0 Å². The molecule has 17 heavy (non-hydrogen) atoms. The van der Waals surface area contributed by atoms with Crippen molar-refractivity contribution in [2.45, 2.75) is 52.0 Å². The van der Waals surface area contributed by atoms with Crippen molar-refractivity contribution in [1.82, 2.24) is 10.4 Å². The molecule has 0 aliphatic rings. The van der Waals surface area contributed by atoms with Gasteiger partial charge in [-0.05, 0) is 36.8 Å². The number of rotatable bonds is 8. The van der Waals surface area contributed by atoms with Crippen LogP contribution in [0.1, 0.15) is 45.1 Å². The van der Waals surface area contributed by atoms with E-state index in [1.807, 2.05) is 18.5 Å². The Balaban J connectivity index is 2.61. The zero-order valence-corrected chi connectivity index (χ0v) is 11.0. The third kappa shape index (κ3) is 4.84. The predicted octanol–water partition coefficient (Wildman–Crippen LogP) is 2.67. The van der Waals surface area contributed by atoms with Crippen LogP contribution >= 0.6 is 0 Å². The van der Waals surface area contributed by atoms with Crippen molar-refractivity contribution in [1.29, 1.82) is 0 Å². The Labute approximate surface area is 105 Å². The molecule has 3 nitrogen and oxygen atoms in total. The zero-order chi connectivity index (χ0) is 12.5. The maximum absolute atomic E-state index is 5.71. The second kappa shape index (κ2) is 8.20. The molecule has 0 aromatic carbocycles. The Morgan fingerprint density at radius 1 is 1.29 bits per heavy atom. The predicted molar refractivity (Wildman–Crippen MR) is 72.4 cm³/mol. The molecule has 1 heterocycles. The van der Waals surface area contributed by atoms with Crippen molar-refractivity contribution in [3.05, 3.63) is 30.1 Å². The van der Waals surface area contributed by atoms with Gasteiger partial charge in [-0.3, -0.25) is 16.3 Å². The lowest BCUT2D eigenvalue weighted by Gasteiger charge is -2.26. The minimum atomic E-state index is 0.360. The minimum absolute atomic E-state index is 0.360. The van der Waals surface area contributed by atoms with Crippen molar-refractivity contribution in [2.24, 2.45) is 11.8 Å². The third-order valence-corrected chi connectivity index (χ3v) is 3.28. The van der Waals surface area contributed by atoms with E-state index in [-0.39, 0.29) is 0 Å². The molecule has 0 aliphatic heterocycles. The molecule has 0 spiro atoms. The van der Waals surface area contributed by atoms with E-state index in [0.29, 0.717) is 12.0 Å². The molecular formula is C14H25N3. The molecule has 1 rings (SSSR count). The van der Waals surface area contributed by atoms with Crippen LogP contribution in [0.4, 0.5) is 0 Å². The molecule has 3 N–H and O–H groups in total. The van der Waals surface area contributed by atoms with Gasteiger partial charge >= 0.3 is 0 Å². The van der Waals surface area contributed by atoms with Gasteiger partial charge in [-0.2, -0.15) is 0 Å². The van der Waals surface area contributed by atoms with E-state index in [1.54, 1.807) is 0 Å². The lowest BCUT2D eigenvalue weighted by atomic mass is 9.87. The first kappa shape index (κ1) is 14.1. The Kier molecular flexibility index (Phi) is 6.82. The van der Waals surface area contributed by atoms with Crippen molar-refractivity contribution < 1.29 is 0 Å². The van der Waals surface area contributed by atoms with Crippen LogP contribution in [-0.4, -0.2) is 11.0 Å². The third-order valence-electron chi connectivity index (χ3n) is 3.28. The van der Waals surface area contributed by atoms with E-state index >= 15 is 0 Å². The summed E-state index contributed by atoms with van der Waals surface area (Å²) in [7, 11) is 0. The molecule has 1 aromatic heterocycles. The summed E-state index contributed by atoms with van der Waals surface area (Å²) in [5, 5.41) is 0. The highest BCUT2D eigenvalue weighted by Gasteiger charge is 2.19. The molecule has 1 aromatic rings. The highest BCUT2D eigenvalue weighted by molar-refractivity contribution is 5.10. The maximum Gasteiger partial charge on any atom is 0.0300 e. The van der Waals surface area contributed by atoms with E-state index in [2.05, 4.69) is 30.3 Å². The average molecular weight is 235 g/mol. The van der Waals surface area contributed by atoms with Crippen molar-refractivity contribution in [2.75, 3.05) is 0 Å². The summed E-state index contributed by atoms with van der Waals surface area (Å²) in [5.74, 6) is 6.37. The van der Waals surface area contributed by atoms with Crippen LogP contribution in [-0.2, 0) is 6.42 Å². The topological polar surface area (TPSA) is 50.9 Å². The van der Waals surface area contributed by atoms with Crippen LogP contribution in [0.3, 0.4) is 0 Å². The molecule has 3 heteroatoms. The SMILES string of the molecule is CCCC(CCC)C(Cc1cccnc1)NN. The molecule has 0 fully saturated rings. The summed E-state index contributed by atoms with van der Waals surface area (Å²) in [4.78, 5) is 4.15.